The number of unbranched alkanes of at least 4 members (excludes halogenated alkanes) is 2. The van der Waals surface area contributed by atoms with E-state index in [-0.39, 0.29) is 32.0 Å². The quantitative estimate of drug-likeness (QED) is 0.0902. The second kappa shape index (κ2) is 15.3. The molecule has 5 rings (SSSR count). The summed E-state index contributed by atoms with van der Waals surface area (Å²) in [6, 6.07) is -2.30. The molecule has 14 atom stereocenters. The number of ether oxygens (including phenoxy) is 5. The van der Waals surface area contributed by atoms with Gasteiger partial charge in [0.2, 0.25) is 0 Å². The predicted molar refractivity (Wildman–Crippen MR) is 159 cm³/mol. The SMILES string of the molecule is NC[C@H]1O[C@@H](O[C@@H]2[C@@H](O)[C@H](O)[C@@H](N)C[C@H]2N)[C@H](N)[C@@H](OCCCCCOC[C@H]2O[C@@H](n3cnc4c(N)ncnc43)[C@H](O)[C@@H]2O)[C@@H]1O. The topological polar surface area (TPSA) is 321 Å². The van der Waals surface area contributed by atoms with Gasteiger partial charge in [-0.1, -0.05) is 0 Å². The van der Waals surface area contributed by atoms with Crippen molar-refractivity contribution < 1.29 is 49.2 Å². The normalized spacial score (nSPS) is 40.1. The molecule has 46 heavy (non-hydrogen) atoms. The van der Waals surface area contributed by atoms with Gasteiger partial charge < -0.3 is 77.9 Å². The minimum atomic E-state index is -1.35. The molecule has 19 heteroatoms. The molecule has 3 aliphatic rings. The van der Waals surface area contributed by atoms with Gasteiger partial charge in [0.05, 0.1) is 25.1 Å². The first-order valence-electron chi connectivity index (χ1n) is 15.5. The summed E-state index contributed by atoms with van der Waals surface area (Å²) in [5, 5.41) is 52.6. The van der Waals surface area contributed by atoms with Gasteiger partial charge in [-0.3, -0.25) is 4.57 Å². The van der Waals surface area contributed by atoms with Crippen molar-refractivity contribution >= 4 is 17.0 Å². The van der Waals surface area contributed by atoms with E-state index >= 15 is 0 Å². The lowest BCUT2D eigenvalue weighted by atomic mass is 9.84. The number of hydrogen-bond acceptors (Lipinski definition) is 18. The summed E-state index contributed by atoms with van der Waals surface area (Å²) in [5.41, 5.74) is 30.7. The van der Waals surface area contributed by atoms with Crippen LogP contribution in [0.4, 0.5) is 5.82 Å². The van der Waals surface area contributed by atoms with Gasteiger partial charge in [0.25, 0.3) is 0 Å². The van der Waals surface area contributed by atoms with Crippen molar-refractivity contribution in [2.75, 3.05) is 32.1 Å². The third kappa shape index (κ3) is 7.27. The van der Waals surface area contributed by atoms with E-state index in [0.29, 0.717) is 30.6 Å². The fourth-order valence-corrected chi connectivity index (χ4v) is 6.14. The maximum absolute atomic E-state index is 10.8. The zero-order chi connectivity index (χ0) is 33.1. The lowest BCUT2D eigenvalue weighted by molar-refractivity contribution is -0.292. The van der Waals surface area contributed by atoms with Gasteiger partial charge in [0, 0.05) is 31.8 Å². The number of imidazole rings is 1. The Hall–Kier alpha value is -2.21. The molecule has 260 valence electrons. The maximum Gasteiger partial charge on any atom is 0.176 e. The molecule has 19 nitrogen and oxygen atoms in total. The minimum absolute atomic E-state index is 0.0309. The predicted octanol–water partition coefficient (Wildman–Crippen LogP) is -4.86. The monoisotopic (exact) mass is 657 g/mol. The Kier molecular flexibility index (Phi) is 11.7. The number of hydrogen-bond donors (Lipinski definition) is 10. The molecule has 2 aromatic rings. The number of anilines is 1. The number of nitrogen functional groups attached to an aromatic ring is 1. The van der Waals surface area contributed by atoms with Crippen LogP contribution in [-0.2, 0) is 23.7 Å². The Morgan fingerprint density at radius 2 is 1.59 bits per heavy atom. The van der Waals surface area contributed by atoms with Crippen LogP contribution in [0.1, 0.15) is 31.9 Å². The van der Waals surface area contributed by atoms with Crippen molar-refractivity contribution in [1.29, 1.82) is 0 Å². The Labute approximate surface area is 264 Å². The van der Waals surface area contributed by atoms with Crippen LogP contribution in [0, 0.1) is 0 Å². The molecule has 0 radical (unpaired) electrons. The van der Waals surface area contributed by atoms with Gasteiger partial charge >= 0.3 is 0 Å². The number of fused-ring (bicyclic) bond motifs is 1. The van der Waals surface area contributed by atoms with Crippen LogP contribution < -0.4 is 28.7 Å². The summed E-state index contributed by atoms with van der Waals surface area (Å²) in [5.74, 6) is 0.194. The molecule has 4 heterocycles. The molecule has 1 saturated carbocycles. The zero-order valence-electron chi connectivity index (χ0n) is 25.3. The zero-order valence-corrected chi connectivity index (χ0v) is 25.3. The molecule has 0 unspecified atom stereocenters. The van der Waals surface area contributed by atoms with E-state index in [0.717, 1.165) is 6.42 Å². The van der Waals surface area contributed by atoms with E-state index < -0.39 is 85.6 Å². The van der Waals surface area contributed by atoms with Crippen molar-refractivity contribution in [2.24, 2.45) is 22.9 Å². The molecule has 0 aromatic carbocycles. The van der Waals surface area contributed by atoms with Crippen LogP contribution >= 0.6 is 0 Å². The Bertz CT molecular complexity index is 1260. The fourth-order valence-electron chi connectivity index (χ4n) is 6.14. The van der Waals surface area contributed by atoms with E-state index in [1.54, 1.807) is 0 Å². The molecular weight excluding hydrogens is 610 g/mol. The largest absolute Gasteiger partial charge is 0.389 e. The summed E-state index contributed by atoms with van der Waals surface area (Å²) in [6.45, 7) is 0.665. The smallest absolute Gasteiger partial charge is 0.176 e. The second-order valence-electron chi connectivity index (χ2n) is 12.1. The molecule has 3 fully saturated rings. The average molecular weight is 658 g/mol. The van der Waals surface area contributed by atoms with E-state index in [1.165, 1.54) is 17.2 Å². The van der Waals surface area contributed by atoms with Crippen molar-refractivity contribution in [3.05, 3.63) is 12.7 Å². The van der Waals surface area contributed by atoms with Crippen LogP contribution in [-0.4, -0.2) is 151 Å². The maximum atomic E-state index is 10.8. The average Bonchev–Trinajstić information content (AvgIpc) is 3.59. The molecule has 2 aliphatic heterocycles. The van der Waals surface area contributed by atoms with Crippen molar-refractivity contribution in [3.8, 4) is 0 Å². The van der Waals surface area contributed by atoms with Gasteiger partial charge in [0.1, 0.15) is 60.7 Å². The molecule has 0 spiro atoms. The highest BCUT2D eigenvalue weighted by Crippen LogP contribution is 2.32. The van der Waals surface area contributed by atoms with Gasteiger partial charge in [-0.05, 0) is 25.7 Å². The minimum Gasteiger partial charge on any atom is -0.389 e. The van der Waals surface area contributed by atoms with Crippen LogP contribution in [0.2, 0.25) is 0 Å². The highest BCUT2D eigenvalue weighted by Gasteiger charge is 2.49. The van der Waals surface area contributed by atoms with E-state index in [2.05, 4.69) is 15.0 Å². The number of aliphatic hydroxyl groups excluding tert-OH is 5. The van der Waals surface area contributed by atoms with E-state index in [9.17, 15) is 25.5 Å². The number of rotatable bonds is 13. The Morgan fingerprint density at radius 3 is 2.35 bits per heavy atom. The number of aromatic nitrogens is 4. The number of nitrogens with zero attached hydrogens (tertiary/aromatic N) is 4. The Balaban J connectivity index is 1.03. The van der Waals surface area contributed by atoms with Gasteiger partial charge in [-0.15, -0.1) is 0 Å². The van der Waals surface area contributed by atoms with E-state index in [1.807, 2.05) is 0 Å². The first-order chi connectivity index (χ1) is 22.0. The van der Waals surface area contributed by atoms with Crippen LogP contribution in [0.5, 0.6) is 0 Å². The van der Waals surface area contributed by atoms with Gasteiger partial charge in [0.15, 0.2) is 24.0 Å². The van der Waals surface area contributed by atoms with Gasteiger partial charge in [-0.25, -0.2) is 15.0 Å². The first-order valence-corrected chi connectivity index (χ1v) is 15.5. The summed E-state index contributed by atoms with van der Waals surface area (Å²) >= 11 is 0. The number of nitrogens with two attached hydrogens (primary N) is 5. The third-order valence-corrected chi connectivity index (χ3v) is 8.86. The summed E-state index contributed by atoms with van der Waals surface area (Å²) in [6.07, 6.45) is -6.67. The van der Waals surface area contributed by atoms with Gasteiger partial charge in [-0.2, -0.15) is 0 Å². The fraction of sp³-hybridized carbons (Fsp3) is 0.815. The molecule has 0 amide bonds. The van der Waals surface area contributed by atoms with Crippen molar-refractivity contribution in [1.82, 2.24) is 19.5 Å². The molecule has 1 aliphatic carbocycles. The Morgan fingerprint density at radius 1 is 0.826 bits per heavy atom. The highest BCUT2D eigenvalue weighted by molar-refractivity contribution is 5.81. The highest BCUT2D eigenvalue weighted by atomic mass is 16.7. The lowest BCUT2D eigenvalue weighted by Gasteiger charge is -2.46. The summed E-state index contributed by atoms with van der Waals surface area (Å²) in [4.78, 5) is 12.2. The lowest BCUT2D eigenvalue weighted by Crippen LogP contribution is -2.67. The molecule has 2 aromatic heterocycles. The van der Waals surface area contributed by atoms with Crippen LogP contribution in [0.15, 0.2) is 12.7 Å². The third-order valence-electron chi connectivity index (χ3n) is 8.86. The first kappa shape index (κ1) is 35.1. The van der Waals surface area contributed by atoms with Crippen LogP contribution in [0.3, 0.4) is 0 Å². The number of aliphatic hydroxyl groups is 5. The van der Waals surface area contributed by atoms with Crippen molar-refractivity contribution in [3.63, 3.8) is 0 Å². The summed E-state index contributed by atoms with van der Waals surface area (Å²) < 4.78 is 30.7. The molecular formula is C27H47N9O10. The van der Waals surface area contributed by atoms with Crippen molar-refractivity contribution in [2.45, 2.75) is 111 Å². The standard InChI is InChI=1S/C27H47N9O10/c28-7-13-19(39)23(15(31)27(45-13)46-22-12(30)6-11(29)17(37)20(22)40)43-5-3-1-2-4-42-8-14-18(38)21(41)26(44-14)36-10-35-16-24(32)33-9-34-25(16)36/h9-15,17-23,26-27,37-41H,1-8,28-31H2,(H2,32,33,34)/t11-,12+,13+,14+,15+,17+,18+,19+,20-,21+,22-,23+,26+,27-/m0/s1. The van der Waals surface area contributed by atoms with E-state index in [4.69, 9.17) is 52.4 Å². The molecule has 15 N–H and O–H groups in total. The summed E-state index contributed by atoms with van der Waals surface area (Å²) in [7, 11) is 0. The van der Waals surface area contributed by atoms with Crippen LogP contribution in [0.25, 0.3) is 11.2 Å². The molecule has 0 bridgehead atoms. The molecule has 2 saturated heterocycles. The second-order valence-corrected chi connectivity index (χ2v) is 12.1.